The van der Waals surface area contributed by atoms with Crippen molar-refractivity contribution in [2.24, 2.45) is 5.92 Å². The summed E-state index contributed by atoms with van der Waals surface area (Å²) >= 11 is 0. The van der Waals surface area contributed by atoms with Crippen LogP contribution in [0.15, 0.2) is 0 Å². The third-order valence-corrected chi connectivity index (χ3v) is 3.61. The van der Waals surface area contributed by atoms with Crippen molar-refractivity contribution in [2.45, 2.75) is 51.2 Å². The average molecular weight is 227 g/mol. The summed E-state index contributed by atoms with van der Waals surface area (Å²) in [5, 5.41) is 9.51. The standard InChI is InChI=1S/C12H21NO3/c1-11(2,3)16-10(15)13-7-9-4-5-12(13,6-9)8-14/h9,14H,4-8H2,1-3H3. The number of carbonyl (C=O) groups excluding carboxylic acids is 1. The van der Waals surface area contributed by atoms with Gasteiger partial charge in [0, 0.05) is 6.54 Å². The molecule has 1 saturated carbocycles. The maximum atomic E-state index is 12.0. The van der Waals surface area contributed by atoms with Crippen LogP contribution in [0.25, 0.3) is 0 Å². The molecule has 1 aliphatic heterocycles. The molecule has 1 saturated heterocycles. The first-order chi connectivity index (χ1) is 7.36. The maximum absolute atomic E-state index is 12.0. The Balaban J connectivity index is 2.08. The van der Waals surface area contributed by atoms with E-state index in [2.05, 4.69) is 0 Å². The number of fused-ring (bicyclic) bond motifs is 2. The molecule has 0 aromatic rings. The number of hydrogen-bond acceptors (Lipinski definition) is 3. The molecule has 16 heavy (non-hydrogen) atoms. The van der Waals surface area contributed by atoms with Gasteiger partial charge in [-0.15, -0.1) is 0 Å². The third-order valence-electron chi connectivity index (χ3n) is 3.61. The predicted octanol–water partition coefficient (Wildman–Crippen LogP) is 1.77. The van der Waals surface area contributed by atoms with Gasteiger partial charge in [0.15, 0.2) is 0 Å². The highest BCUT2D eigenvalue weighted by atomic mass is 16.6. The number of rotatable bonds is 1. The highest BCUT2D eigenvalue weighted by Gasteiger charge is 2.53. The van der Waals surface area contributed by atoms with Crippen LogP contribution in [-0.2, 0) is 4.74 Å². The molecule has 2 atom stereocenters. The fourth-order valence-electron chi connectivity index (χ4n) is 2.88. The summed E-state index contributed by atoms with van der Waals surface area (Å²) in [4.78, 5) is 13.7. The Morgan fingerprint density at radius 2 is 2.25 bits per heavy atom. The van der Waals surface area contributed by atoms with Gasteiger partial charge in [-0.25, -0.2) is 4.79 Å². The average Bonchev–Trinajstić information content (AvgIpc) is 2.72. The van der Waals surface area contributed by atoms with Gasteiger partial charge in [0.05, 0.1) is 12.1 Å². The van der Waals surface area contributed by atoms with Gasteiger partial charge in [-0.2, -0.15) is 0 Å². The van der Waals surface area contributed by atoms with E-state index in [0.29, 0.717) is 5.92 Å². The molecule has 1 amide bonds. The summed E-state index contributed by atoms with van der Waals surface area (Å²) in [6, 6.07) is 0. The van der Waals surface area contributed by atoms with Crippen molar-refractivity contribution in [1.29, 1.82) is 0 Å². The molecule has 2 aliphatic rings. The van der Waals surface area contributed by atoms with E-state index in [0.717, 1.165) is 25.8 Å². The lowest BCUT2D eigenvalue weighted by Crippen LogP contribution is -2.52. The number of aliphatic hydroxyl groups excluding tert-OH is 1. The predicted molar refractivity (Wildman–Crippen MR) is 60.1 cm³/mol. The van der Waals surface area contributed by atoms with Crippen molar-refractivity contribution in [3.8, 4) is 0 Å². The van der Waals surface area contributed by atoms with Crippen molar-refractivity contribution in [2.75, 3.05) is 13.2 Å². The molecule has 0 radical (unpaired) electrons. The van der Waals surface area contributed by atoms with E-state index in [4.69, 9.17) is 4.74 Å². The van der Waals surface area contributed by atoms with E-state index in [9.17, 15) is 9.90 Å². The van der Waals surface area contributed by atoms with Crippen LogP contribution in [0.2, 0.25) is 0 Å². The molecule has 2 rings (SSSR count). The van der Waals surface area contributed by atoms with Crippen LogP contribution in [0.1, 0.15) is 40.0 Å². The van der Waals surface area contributed by atoms with Gasteiger partial charge in [0.2, 0.25) is 0 Å². The number of ether oxygens (including phenoxy) is 1. The Morgan fingerprint density at radius 1 is 1.56 bits per heavy atom. The molecule has 1 aliphatic carbocycles. The smallest absolute Gasteiger partial charge is 0.410 e. The number of aliphatic hydroxyl groups is 1. The number of piperidine rings is 1. The van der Waals surface area contributed by atoms with Crippen molar-refractivity contribution < 1.29 is 14.6 Å². The molecule has 2 bridgehead atoms. The normalized spacial score (nSPS) is 33.2. The zero-order chi connectivity index (χ0) is 12.0. The maximum Gasteiger partial charge on any atom is 0.410 e. The van der Waals surface area contributed by atoms with Crippen molar-refractivity contribution in [1.82, 2.24) is 4.90 Å². The van der Waals surface area contributed by atoms with Crippen LogP contribution in [-0.4, -0.2) is 40.4 Å². The quantitative estimate of drug-likeness (QED) is 0.742. The highest BCUT2D eigenvalue weighted by molar-refractivity contribution is 5.70. The summed E-state index contributed by atoms with van der Waals surface area (Å²) in [7, 11) is 0. The largest absolute Gasteiger partial charge is 0.444 e. The van der Waals surface area contributed by atoms with Crippen LogP contribution in [0.5, 0.6) is 0 Å². The second kappa shape index (κ2) is 3.62. The Bertz CT molecular complexity index is 297. The molecule has 4 nitrogen and oxygen atoms in total. The molecule has 0 spiro atoms. The van der Waals surface area contributed by atoms with Crippen LogP contribution in [0.3, 0.4) is 0 Å². The zero-order valence-corrected chi connectivity index (χ0v) is 10.3. The monoisotopic (exact) mass is 227 g/mol. The van der Waals surface area contributed by atoms with Crippen molar-refractivity contribution >= 4 is 6.09 Å². The van der Waals surface area contributed by atoms with Crippen LogP contribution >= 0.6 is 0 Å². The summed E-state index contributed by atoms with van der Waals surface area (Å²) in [6.45, 7) is 6.40. The SMILES string of the molecule is CC(C)(C)OC(=O)N1CC2CCC1(CO)C2. The number of amides is 1. The zero-order valence-electron chi connectivity index (χ0n) is 10.3. The lowest BCUT2D eigenvalue weighted by atomic mass is 9.99. The third kappa shape index (κ3) is 1.90. The molecular weight excluding hydrogens is 206 g/mol. The molecular formula is C12H21NO3. The van der Waals surface area contributed by atoms with Gasteiger partial charge in [-0.05, 0) is 46.0 Å². The number of hydrogen-bond donors (Lipinski definition) is 1. The first-order valence-electron chi connectivity index (χ1n) is 5.98. The second-order valence-corrected chi connectivity index (χ2v) is 6.08. The minimum absolute atomic E-state index is 0.0583. The molecule has 1 N–H and O–H groups in total. The van der Waals surface area contributed by atoms with Crippen LogP contribution in [0.4, 0.5) is 4.79 Å². The summed E-state index contributed by atoms with van der Waals surface area (Å²) in [5.41, 5.74) is -0.789. The number of likely N-dealkylation sites (tertiary alicyclic amines) is 1. The fourth-order valence-corrected chi connectivity index (χ4v) is 2.88. The van der Waals surface area contributed by atoms with E-state index < -0.39 is 5.60 Å². The van der Waals surface area contributed by atoms with E-state index in [1.807, 2.05) is 20.8 Å². The fraction of sp³-hybridized carbons (Fsp3) is 0.917. The Kier molecular flexibility index (Phi) is 2.65. The number of nitrogens with zero attached hydrogens (tertiary/aromatic N) is 1. The molecule has 2 fully saturated rings. The summed E-state index contributed by atoms with van der Waals surface area (Å²) in [5.74, 6) is 0.555. The first kappa shape index (κ1) is 11.7. The molecule has 2 unspecified atom stereocenters. The Labute approximate surface area is 96.6 Å². The first-order valence-corrected chi connectivity index (χ1v) is 5.98. The molecule has 0 aromatic carbocycles. The van der Waals surface area contributed by atoms with E-state index in [1.54, 1.807) is 4.90 Å². The van der Waals surface area contributed by atoms with Crippen molar-refractivity contribution in [3.05, 3.63) is 0 Å². The lowest BCUT2D eigenvalue weighted by molar-refractivity contribution is -0.00943. The summed E-state index contributed by atoms with van der Waals surface area (Å²) in [6.07, 6.45) is 2.69. The van der Waals surface area contributed by atoms with E-state index in [-0.39, 0.29) is 18.2 Å². The molecule has 4 heteroatoms. The second-order valence-electron chi connectivity index (χ2n) is 6.08. The lowest BCUT2D eigenvalue weighted by Gasteiger charge is -2.38. The minimum Gasteiger partial charge on any atom is -0.444 e. The van der Waals surface area contributed by atoms with Gasteiger partial charge >= 0.3 is 6.09 Å². The van der Waals surface area contributed by atoms with Gasteiger partial charge in [-0.3, -0.25) is 4.90 Å². The minimum atomic E-state index is -0.463. The number of carbonyl (C=O) groups is 1. The summed E-state index contributed by atoms with van der Waals surface area (Å²) < 4.78 is 5.38. The van der Waals surface area contributed by atoms with Gasteiger partial charge in [-0.1, -0.05) is 0 Å². The Hall–Kier alpha value is -0.770. The Morgan fingerprint density at radius 3 is 2.75 bits per heavy atom. The van der Waals surface area contributed by atoms with E-state index in [1.165, 1.54) is 0 Å². The highest BCUT2D eigenvalue weighted by Crippen LogP contribution is 2.46. The van der Waals surface area contributed by atoms with E-state index >= 15 is 0 Å². The van der Waals surface area contributed by atoms with Gasteiger partial charge < -0.3 is 9.84 Å². The topological polar surface area (TPSA) is 49.8 Å². The van der Waals surface area contributed by atoms with Gasteiger partial charge in [0.25, 0.3) is 0 Å². The van der Waals surface area contributed by atoms with Crippen molar-refractivity contribution in [3.63, 3.8) is 0 Å². The molecule has 0 aromatic heterocycles. The molecule has 92 valence electrons. The van der Waals surface area contributed by atoms with Gasteiger partial charge in [0.1, 0.15) is 5.60 Å². The molecule has 1 heterocycles. The van der Waals surface area contributed by atoms with Crippen LogP contribution in [0, 0.1) is 5.92 Å². The van der Waals surface area contributed by atoms with Crippen LogP contribution < -0.4 is 0 Å².